The maximum Gasteiger partial charge on any atom is 0.325 e. The van der Waals surface area contributed by atoms with E-state index in [-0.39, 0.29) is 24.0 Å². The zero-order chi connectivity index (χ0) is 25.6. The summed E-state index contributed by atoms with van der Waals surface area (Å²) in [6.45, 7) is 4.36. The van der Waals surface area contributed by atoms with Gasteiger partial charge in [0.2, 0.25) is 0 Å². The highest BCUT2D eigenvalue weighted by atomic mass is 16.5. The van der Waals surface area contributed by atoms with Crippen molar-refractivity contribution in [2.24, 2.45) is 0 Å². The Kier molecular flexibility index (Phi) is 5.78. The molecule has 1 fully saturated rings. The molecule has 6 rings (SSSR count). The Morgan fingerprint density at radius 2 is 1.95 bits per heavy atom. The highest BCUT2D eigenvalue weighted by Gasteiger charge is 2.50. The van der Waals surface area contributed by atoms with Gasteiger partial charge in [-0.2, -0.15) is 0 Å². The monoisotopic (exact) mass is 497 g/mol. The lowest BCUT2D eigenvalue weighted by atomic mass is 9.88. The Labute approximate surface area is 216 Å². The van der Waals surface area contributed by atoms with Crippen molar-refractivity contribution >= 4 is 17.6 Å². The number of ether oxygens (including phenoxy) is 2. The van der Waals surface area contributed by atoms with Crippen LogP contribution in [-0.2, 0) is 12.8 Å². The molecular formula is C30H31N3O4. The van der Waals surface area contributed by atoms with Crippen LogP contribution in [-0.4, -0.2) is 30.3 Å². The molecule has 3 aromatic carbocycles. The van der Waals surface area contributed by atoms with E-state index in [1.54, 1.807) is 17.0 Å². The number of anilines is 1. The largest absolute Gasteiger partial charge is 0.490 e. The van der Waals surface area contributed by atoms with Crippen LogP contribution in [0.3, 0.4) is 0 Å². The topological polar surface area (TPSA) is 79.9 Å². The van der Waals surface area contributed by atoms with Gasteiger partial charge in [0.1, 0.15) is 0 Å². The minimum absolute atomic E-state index is 0.0813. The van der Waals surface area contributed by atoms with Gasteiger partial charge in [-0.3, -0.25) is 9.69 Å². The molecule has 7 heteroatoms. The highest BCUT2D eigenvalue weighted by molar-refractivity contribution is 5.99. The smallest absolute Gasteiger partial charge is 0.325 e. The molecule has 3 aliphatic rings. The van der Waals surface area contributed by atoms with Crippen molar-refractivity contribution in [3.63, 3.8) is 0 Å². The third-order valence-corrected chi connectivity index (χ3v) is 7.61. The van der Waals surface area contributed by atoms with Gasteiger partial charge in [0.05, 0.1) is 18.3 Å². The predicted molar refractivity (Wildman–Crippen MR) is 141 cm³/mol. The van der Waals surface area contributed by atoms with Crippen LogP contribution in [0.4, 0.5) is 10.5 Å². The molecule has 2 N–H and O–H groups in total. The predicted octanol–water partition coefficient (Wildman–Crippen LogP) is 5.14. The Morgan fingerprint density at radius 3 is 2.78 bits per heavy atom. The first-order valence-corrected chi connectivity index (χ1v) is 13.0. The minimum Gasteiger partial charge on any atom is -0.490 e. The summed E-state index contributed by atoms with van der Waals surface area (Å²) in [5.41, 5.74) is 3.76. The van der Waals surface area contributed by atoms with Gasteiger partial charge in [-0.15, -0.1) is 0 Å². The number of hydrogen-bond donors (Lipinski definition) is 2. The van der Waals surface area contributed by atoms with Crippen LogP contribution in [0.25, 0.3) is 0 Å². The molecule has 1 saturated heterocycles. The summed E-state index contributed by atoms with van der Waals surface area (Å²) in [4.78, 5) is 28.2. The molecule has 190 valence electrons. The van der Waals surface area contributed by atoms with E-state index in [2.05, 4.69) is 28.8 Å². The van der Waals surface area contributed by atoms with E-state index >= 15 is 0 Å². The number of hydrogen-bond acceptors (Lipinski definition) is 4. The molecule has 2 heterocycles. The molecule has 0 radical (unpaired) electrons. The standard InChI is InChI=1S/C30H31N3O4/c1-3-36-26-13-7-12-24-25-18-30(2,37-27(24)26)33(29(35)32-25)23-11-6-10-21(17-23)28(34)31-22-15-14-19-8-4-5-9-20(19)16-22/h4-13,17,22,25H,3,14-16,18H2,1-2H3,(H,31,34)(H,32,35)/t22-,25?,30+/m0/s1. The maximum absolute atomic E-state index is 13.4. The van der Waals surface area contributed by atoms with Crippen LogP contribution in [0.5, 0.6) is 11.5 Å². The fourth-order valence-corrected chi connectivity index (χ4v) is 5.90. The first kappa shape index (κ1) is 23.4. The zero-order valence-electron chi connectivity index (χ0n) is 21.1. The van der Waals surface area contributed by atoms with Gasteiger partial charge in [0, 0.05) is 23.6 Å². The van der Waals surface area contributed by atoms with Crippen LogP contribution in [0.15, 0.2) is 66.7 Å². The van der Waals surface area contributed by atoms with Gasteiger partial charge >= 0.3 is 6.03 Å². The van der Waals surface area contributed by atoms with E-state index in [9.17, 15) is 9.59 Å². The van der Waals surface area contributed by atoms with Gasteiger partial charge in [-0.05, 0) is 68.5 Å². The summed E-state index contributed by atoms with van der Waals surface area (Å²) in [7, 11) is 0. The van der Waals surface area contributed by atoms with E-state index in [1.165, 1.54) is 11.1 Å². The number of aryl methyl sites for hydroxylation is 1. The molecule has 3 aromatic rings. The average molecular weight is 498 g/mol. The van der Waals surface area contributed by atoms with E-state index in [1.807, 2.05) is 50.2 Å². The SMILES string of the molecule is CCOc1cccc2c1O[C@]1(C)CC2NC(=O)N1c1cccc(C(=O)N[C@H]2CCc3ccccc3C2)c1. The number of nitrogens with one attached hydrogen (secondary N) is 2. The van der Waals surface area contributed by atoms with Crippen LogP contribution in [0, 0.1) is 0 Å². The van der Waals surface area contributed by atoms with E-state index < -0.39 is 5.72 Å². The van der Waals surface area contributed by atoms with Crippen molar-refractivity contribution in [3.05, 3.63) is 89.0 Å². The van der Waals surface area contributed by atoms with Gasteiger partial charge in [-0.25, -0.2) is 4.79 Å². The van der Waals surface area contributed by atoms with Crippen LogP contribution < -0.4 is 25.0 Å². The number of benzene rings is 3. The van der Waals surface area contributed by atoms with Crippen molar-refractivity contribution in [3.8, 4) is 11.5 Å². The molecule has 7 nitrogen and oxygen atoms in total. The molecule has 0 aromatic heterocycles. The van der Waals surface area contributed by atoms with Gasteiger partial charge in [-0.1, -0.05) is 42.5 Å². The second-order valence-corrected chi connectivity index (χ2v) is 10.2. The van der Waals surface area contributed by atoms with Crippen molar-refractivity contribution in [2.75, 3.05) is 11.5 Å². The Bertz CT molecular complexity index is 1370. The summed E-state index contributed by atoms with van der Waals surface area (Å²) in [5.74, 6) is 1.18. The Hall–Kier alpha value is -4.00. The normalized spacial score (nSPS) is 23.7. The molecular weight excluding hydrogens is 466 g/mol. The maximum atomic E-state index is 13.4. The fourth-order valence-electron chi connectivity index (χ4n) is 5.90. The van der Waals surface area contributed by atoms with Crippen molar-refractivity contribution in [1.82, 2.24) is 10.6 Å². The summed E-state index contributed by atoms with van der Waals surface area (Å²) >= 11 is 0. The van der Waals surface area contributed by atoms with Gasteiger partial charge in [0.15, 0.2) is 17.2 Å². The Balaban J connectivity index is 1.25. The lowest BCUT2D eigenvalue weighted by Crippen LogP contribution is -2.65. The lowest BCUT2D eigenvalue weighted by molar-refractivity contribution is 0.0343. The first-order valence-electron chi connectivity index (χ1n) is 13.0. The number of para-hydroxylation sites is 1. The number of fused-ring (bicyclic) bond motifs is 5. The highest BCUT2D eigenvalue weighted by Crippen LogP contribution is 2.49. The van der Waals surface area contributed by atoms with E-state index in [0.29, 0.717) is 35.8 Å². The summed E-state index contributed by atoms with van der Waals surface area (Å²) in [5, 5.41) is 6.32. The van der Waals surface area contributed by atoms with Crippen molar-refractivity contribution < 1.29 is 19.1 Å². The molecule has 37 heavy (non-hydrogen) atoms. The summed E-state index contributed by atoms with van der Waals surface area (Å²) in [6, 6.07) is 21.0. The number of amides is 3. The summed E-state index contributed by atoms with van der Waals surface area (Å²) in [6.07, 6.45) is 3.26. The van der Waals surface area contributed by atoms with E-state index in [4.69, 9.17) is 9.47 Å². The van der Waals surface area contributed by atoms with Gasteiger partial charge in [0.25, 0.3) is 5.91 Å². The number of carbonyl (C=O) groups is 2. The lowest BCUT2D eigenvalue weighted by Gasteiger charge is -2.50. The minimum atomic E-state index is -0.935. The first-order chi connectivity index (χ1) is 17.9. The summed E-state index contributed by atoms with van der Waals surface area (Å²) < 4.78 is 12.3. The average Bonchev–Trinajstić information content (AvgIpc) is 2.89. The van der Waals surface area contributed by atoms with Crippen LogP contribution in [0.1, 0.15) is 59.8 Å². The Morgan fingerprint density at radius 1 is 1.14 bits per heavy atom. The van der Waals surface area contributed by atoms with Crippen LogP contribution >= 0.6 is 0 Å². The molecule has 0 spiro atoms. The molecule has 2 aliphatic heterocycles. The second-order valence-electron chi connectivity index (χ2n) is 10.2. The van der Waals surface area contributed by atoms with Crippen LogP contribution in [0.2, 0.25) is 0 Å². The fraction of sp³-hybridized carbons (Fsp3) is 0.333. The van der Waals surface area contributed by atoms with Crippen molar-refractivity contribution in [2.45, 2.75) is 57.3 Å². The molecule has 0 saturated carbocycles. The third-order valence-electron chi connectivity index (χ3n) is 7.61. The van der Waals surface area contributed by atoms with Crippen molar-refractivity contribution in [1.29, 1.82) is 0 Å². The molecule has 1 unspecified atom stereocenters. The van der Waals surface area contributed by atoms with Gasteiger partial charge < -0.3 is 20.1 Å². The number of urea groups is 1. The third kappa shape index (κ3) is 4.18. The quantitative estimate of drug-likeness (QED) is 0.512. The molecule has 2 bridgehead atoms. The number of rotatable bonds is 5. The van der Waals surface area contributed by atoms with E-state index in [0.717, 1.165) is 24.8 Å². The number of carbonyl (C=O) groups excluding carboxylic acids is 2. The molecule has 3 atom stereocenters. The second kappa shape index (κ2) is 9.14. The molecule has 3 amide bonds. The molecule has 1 aliphatic carbocycles. The number of nitrogens with zero attached hydrogens (tertiary/aromatic N) is 1. The zero-order valence-corrected chi connectivity index (χ0v) is 21.1.